The number of anilines is 2. The molecular weight excluding hydrogens is 346 g/mol. The minimum Gasteiger partial charge on any atom is -0.383 e. The Kier molecular flexibility index (Phi) is 5.98. The molecule has 1 aliphatic carbocycles. The van der Waals surface area contributed by atoms with Crippen LogP contribution in [-0.4, -0.2) is 71.1 Å². The van der Waals surface area contributed by atoms with Crippen molar-refractivity contribution < 1.29 is 9.37 Å². The number of piperidine rings is 1. The van der Waals surface area contributed by atoms with E-state index in [2.05, 4.69) is 35.8 Å². The lowest BCUT2D eigenvalue weighted by molar-refractivity contribution is 0.138. The van der Waals surface area contributed by atoms with Crippen molar-refractivity contribution in [3.05, 3.63) is 0 Å². The van der Waals surface area contributed by atoms with Crippen molar-refractivity contribution in [2.75, 3.05) is 50.5 Å². The zero-order valence-corrected chi connectivity index (χ0v) is 16.0. The van der Waals surface area contributed by atoms with Crippen LogP contribution >= 0.6 is 0 Å². The standard InChI is InChI=1S/C18H29N7O2/c1-26-11-8-19-15-16(22-18-17(21-15)23-27-24-18)20-12-13-6-9-25(10-7-13)14-4-2-3-5-14/h13-14H,2-12H2,1H3,(H,19,21,23)(H,20,22,24). The molecule has 2 N–H and O–H groups in total. The molecule has 2 fully saturated rings. The van der Waals surface area contributed by atoms with Gasteiger partial charge in [0.05, 0.1) is 6.61 Å². The van der Waals surface area contributed by atoms with E-state index in [1.54, 1.807) is 7.11 Å². The molecule has 3 heterocycles. The summed E-state index contributed by atoms with van der Waals surface area (Å²) >= 11 is 0. The zero-order chi connectivity index (χ0) is 18.5. The molecule has 27 heavy (non-hydrogen) atoms. The summed E-state index contributed by atoms with van der Waals surface area (Å²) in [5.41, 5.74) is 0.830. The number of methoxy groups -OCH3 is 1. The Morgan fingerprint density at radius 2 is 1.67 bits per heavy atom. The lowest BCUT2D eigenvalue weighted by Crippen LogP contribution is -2.41. The Hall–Kier alpha value is -2.00. The first-order chi connectivity index (χ1) is 13.3. The van der Waals surface area contributed by atoms with Crippen LogP contribution in [0.4, 0.5) is 11.6 Å². The highest BCUT2D eigenvalue weighted by Crippen LogP contribution is 2.28. The van der Waals surface area contributed by atoms with Crippen molar-refractivity contribution in [1.29, 1.82) is 0 Å². The van der Waals surface area contributed by atoms with Gasteiger partial charge in [0.2, 0.25) is 11.3 Å². The van der Waals surface area contributed by atoms with Crippen molar-refractivity contribution >= 4 is 22.9 Å². The van der Waals surface area contributed by atoms with Gasteiger partial charge in [-0.1, -0.05) is 12.8 Å². The fourth-order valence-corrected chi connectivity index (χ4v) is 4.19. The first-order valence-electron chi connectivity index (χ1n) is 10.0. The van der Waals surface area contributed by atoms with Gasteiger partial charge in [-0.3, -0.25) is 0 Å². The van der Waals surface area contributed by atoms with E-state index < -0.39 is 0 Å². The fraction of sp³-hybridized carbons (Fsp3) is 0.778. The Morgan fingerprint density at radius 3 is 2.33 bits per heavy atom. The van der Waals surface area contributed by atoms with E-state index in [0.717, 1.165) is 12.6 Å². The number of hydrogen-bond acceptors (Lipinski definition) is 9. The van der Waals surface area contributed by atoms with E-state index in [4.69, 9.17) is 9.37 Å². The van der Waals surface area contributed by atoms with Gasteiger partial charge in [0.25, 0.3) is 0 Å². The van der Waals surface area contributed by atoms with Crippen molar-refractivity contribution in [2.45, 2.75) is 44.6 Å². The van der Waals surface area contributed by atoms with Gasteiger partial charge in [-0.05, 0) is 55.0 Å². The highest BCUT2D eigenvalue weighted by molar-refractivity contribution is 5.73. The first-order valence-corrected chi connectivity index (χ1v) is 10.0. The molecule has 0 spiro atoms. The average Bonchev–Trinajstić information content (AvgIpc) is 3.38. The van der Waals surface area contributed by atoms with Crippen molar-refractivity contribution in [3.8, 4) is 0 Å². The predicted molar refractivity (Wildman–Crippen MR) is 103 cm³/mol. The predicted octanol–water partition coefficient (Wildman–Crippen LogP) is 2.14. The maximum Gasteiger partial charge on any atom is 0.245 e. The third-order valence-corrected chi connectivity index (χ3v) is 5.76. The summed E-state index contributed by atoms with van der Waals surface area (Å²) in [7, 11) is 1.68. The number of aromatic nitrogens is 4. The highest BCUT2D eigenvalue weighted by atomic mass is 16.6. The number of rotatable bonds is 8. The lowest BCUT2D eigenvalue weighted by Gasteiger charge is -2.36. The van der Waals surface area contributed by atoms with Gasteiger partial charge < -0.3 is 20.3 Å². The number of hydrogen-bond donors (Lipinski definition) is 2. The van der Waals surface area contributed by atoms with Crippen LogP contribution < -0.4 is 10.6 Å². The minimum absolute atomic E-state index is 0.408. The summed E-state index contributed by atoms with van der Waals surface area (Å²) in [5, 5.41) is 14.3. The van der Waals surface area contributed by atoms with Crippen LogP contribution in [0.25, 0.3) is 11.3 Å². The number of ether oxygens (including phenoxy) is 1. The van der Waals surface area contributed by atoms with Gasteiger partial charge in [-0.15, -0.1) is 0 Å². The third kappa shape index (κ3) is 4.47. The smallest absolute Gasteiger partial charge is 0.245 e. The maximum absolute atomic E-state index is 5.10. The summed E-state index contributed by atoms with van der Waals surface area (Å²) in [6.45, 7) is 4.57. The molecule has 0 amide bonds. The number of nitrogens with zero attached hydrogens (tertiary/aromatic N) is 5. The quantitative estimate of drug-likeness (QED) is 0.672. The Bertz CT molecular complexity index is 724. The van der Waals surface area contributed by atoms with Crippen LogP contribution in [0.1, 0.15) is 38.5 Å². The molecule has 1 saturated carbocycles. The normalized spacial score (nSPS) is 19.7. The molecule has 0 aromatic carbocycles. The molecule has 0 bridgehead atoms. The van der Waals surface area contributed by atoms with Crippen molar-refractivity contribution in [3.63, 3.8) is 0 Å². The van der Waals surface area contributed by atoms with Crippen LogP contribution in [0.3, 0.4) is 0 Å². The van der Waals surface area contributed by atoms with Gasteiger partial charge in [0.15, 0.2) is 11.6 Å². The van der Waals surface area contributed by atoms with Gasteiger partial charge in [0, 0.05) is 26.2 Å². The van der Waals surface area contributed by atoms with E-state index in [9.17, 15) is 0 Å². The van der Waals surface area contributed by atoms with E-state index in [0.29, 0.717) is 42.0 Å². The summed E-state index contributed by atoms with van der Waals surface area (Å²) in [5.74, 6) is 2.02. The Labute approximate surface area is 159 Å². The molecule has 1 aliphatic heterocycles. The van der Waals surface area contributed by atoms with Gasteiger partial charge in [-0.25, -0.2) is 14.6 Å². The Balaban J connectivity index is 1.34. The molecule has 4 rings (SSSR count). The van der Waals surface area contributed by atoms with Crippen LogP contribution in [-0.2, 0) is 4.74 Å². The monoisotopic (exact) mass is 375 g/mol. The number of fused-ring (bicyclic) bond motifs is 1. The van der Waals surface area contributed by atoms with E-state index in [1.165, 1.54) is 51.6 Å². The van der Waals surface area contributed by atoms with Crippen LogP contribution in [0.15, 0.2) is 4.63 Å². The molecule has 9 heteroatoms. The second kappa shape index (κ2) is 8.79. The number of likely N-dealkylation sites (tertiary alicyclic amines) is 1. The van der Waals surface area contributed by atoms with Gasteiger partial charge in [0.1, 0.15) is 0 Å². The van der Waals surface area contributed by atoms with Gasteiger partial charge in [-0.2, -0.15) is 0 Å². The van der Waals surface area contributed by atoms with E-state index in [1.807, 2.05) is 0 Å². The summed E-state index contributed by atoms with van der Waals surface area (Å²) in [6, 6.07) is 0.837. The molecule has 2 aliphatic rings. The third-order valence-electron chi connectivity index (χ3n) is 5.76. The van der Waals surface area contributed by atoms with Crippen molar-refractivity contribution in [1.82, 2.24) is 25.2 Å². The SMILES string of the molecule is COCCNc1nc2nonc2nc1NCC1CCN(C2CCCC2)CC1. The van der Waals surface area contributed by atoms with Crippen LogP contribution in [0.5, 0.6) is 0 Å². The van der Waals surface area contributed by atoms with Gasteiger partial charge >= 0.3 is 0 Å². The molecule has 1 saturated heterocycles. The van der Waals surface area contributed by atoms with Crippen LogP contribution in [0.2, 0.25) is 0 Å². The molecule has 0 unspecified atom stereocenters. The molecule has 2 aromatic heterocycles. The highest BCUT2D eigenvalue weighted by Gasteiger charge is 2.27. The molecule has 0 radical (unpaired) electrons. The molecule has 148 valence electrons. The summed E-state index contributed by atoms with van der Waals surface area (Å²) in [4.78, 5) is 11.7. The second-order valence-electron chi connectivity index (χ2n) is 7.55. The van der Waals surface area contributed by atoms with Crippen LogP contribution in [0, 0.1) is 5.92 Å². The Morgan fingerprint density at radius 1 is 1.00 bits per heavy atom. The van der Waals surface area contributed by atoms with E-state index >= 15 is 0 Å². The molecule has 9 nitrogen and oxygen atoms in total. The zero-order valence-electron chi connectivity index (χ0n) is 16.0. The number of nitrogens with one attached hydrogen (secondary N) is 2. The average molecular weight is 375 g/mol. The topological polar surface area (TPSA) is 101 Å². The summed E-state index contributed by atoms with van der Waals surface area (Å²) in [6.07, 6.45) is 8.06. The summed E-state index contributed by atoms with van der Waals surface area (Å²) < 4.78 is 9.85. The molecular formula is C18H29N7O2. The van der Waals surface area contributed by atoms with Crippen molar-refractivity contribution in [2.24, 2.45) is 5.92 Å². The lowest BCUT2D eigenvalue weighted by atomic mass is 9.95. The first kappa shape index (κ1) is 18.4. The largest absolute Gasteiger partial charge is 0.383 e. The molecule has 2 aromatic rings. The van der Waals surface area contributed by atoms with E-state index in [-0.39, 0.29) is 0 Å². The molecule has 0 atom stereocenters. The second-order valence-corrected chi connectivity index (χ2v) is 7.55. The fourth-order valence-electron chi connectivity index (χ4n) is 4.19. The maximum atomic E-state index is 5.10. The minimum atomic E-state index is 0.408.